The second-order valence-electron chi connectivity index (χ2n) is 5.04. The van der Waals surface area contributed by atoms with E-state index < -0.39 is 0 Å². The number of rotatable bonds is 6. The number of hydrogen-bond donors (Lipinski definition) is 1. The maximum absolute atomic E-state index is 6.09. The monoisotopic (exact) mass is 307 g/mol. The first-order valence-electron chi connectivity index (χ1n) is 7.12. The molecule has 0 fully saturated rings. The SMILES string of the molecule is CCNCc1c(C)nn(Cc2cc(Cl)ccc2OC)c1C. The summed E-state index contributed by atoms with van der Waals surface area (Å²) in [6.07, 6.45) is 0. The molecule has 5 heteroatoms. The molecule has 1 aromatic heterocycles. The van der Waals surface area contributed by atoms with E-state index in [1.807, 2.05) is 29.8 Å². The third-order valence-corrected chi connectivity index (χ3v) is 3.88. The molecular formula is C16H22ClN3O. The quantitative estimate of drug-likeness (QED) is 0.890. The van der Waals surface area contributed by atoms with Gasteiger partial charge in [-0.25, -0.2) is 0 Å². The summed E-state index contributed by atoms with van der Waals surface area (Å²) < 4.78 is 7.41. The van der Waals surface area contributed by atoms with E-state index in [0.29, 0.717) is 11.6 Å². The fourth-order valence-corrected chi connectivity index (χ4v) is 2.62. The van der Waals surface area contributed by atoms with Gasteiger partial charge in [0, 0.05) is 28.4 Å². The molecule has 1 heterocycles. The van der Waals surface area contributed by atoms with Crippen LogP contribution in [0.4, 0.5) is 0 Å². The summed E-state index contributed by atoms with van der Waals surface area (Å²) >= 11 is 6.09. The van der Waals surface area contributed by atoms with Crippen LogP contribution in [0.25, 0.3) is 0 Å². The Balaban J connectivity index is 2.30. The minimum atomic E-state index is 0.655. The Morgan fingerprint density at radius 3 is 2.76 bits per heavy atom. The highest BCUT2D eigenvalue weighted by atomic mass is 35.5. The number of methoxy groups -OCH3 is 1. The van der Waals surface area contributed by atoms with Gasteiger partial charge in [-0.1, -0.05) is 18.5 Å². The van der Waals surface area contributed by atoms with Gasteiger partial charge in [0.25, 0.3) is 0 Å². The van der Waals surface area contributed by atoms with E-state index in [2.05, 4.69) is 24.3 Å². The summed E-state index contributed by atoms with van der Waals surface area (Å²) in [6, 6.07) is 5.66. The summed E-state index contributed by atoms with van der Waals surface area (Å²) in [5.41, 5.74) is 4.54. The summed E-state index contributed by atoms with van der Waals surface area (Å²) in [7, 11) is 1.67. The smallest absolute Gasteiger partial charge is 0.124 e. The Labute approximate surface area is 131 Å². The highest BCUT2D eigenvalue weighted by Gasteiger charge is 2.13. The molecule has 0 aliphatic rings. The zero-order chi connectivity index (χ0) is 15.4. The lowest BCUT2D eigenvalue weighted by molar-refractivity contribution is 0.407. The van der Waals surface area contributed by atoms with Gasteiger partial charge in [-0.3, -0.25) is 4.68 Å². The Morgan fingerprint density at radius 1 is 1.33 bits per heavy atom. The van der Waals surface area contributed by atoms with Crippen molar-refractivity contribution in [2.45, 2.75) is 33.9 Å². The predicted molar refractivity (Wildman–Crippen MR) is 86.2 cm³/mol. The van der Waals surface area contributed by atoms with Gasteiger partial charge < -0.3 is 10.1 Å². The topological polar surface area (TPSA) is 39.1 Å². The molecule has 1 N–H and O–H groups in total. The second-order valence-corrected chi connectivity index (χ2v) is 5.48. The van der Waals surface area contributed by atoms with Gasteiger partial charge in [0.15, 0.2) is 0 Å². The van der Waals surface area contributed by atoms with Crippen LogP contribution in [0.3, 0.4) is 0 Å². The maximum atomic E-state index is 6.09. The molecule has 2 aromatic rings. The number of nitrogens with zero attached hydrogens (tertiary/aromatic N) is 2. The predicted octanol–water partition coefficient (Wildman–Crippen LogP) is 3.32. The maximum Gasteiger partial charge on any atom is 0.124 e. The number of nitrogens with one attached hydrogen (secondary N) is 1. The first-order valence-corrected chi connectivity index (χ1v) is 7.50. The number of hydrogen-bond acceptors (Lipinski definition) is 3. The Kier molecular flexibility index (Phi) is 5.26. The number of aromatic nitrogens is 2. The largest absolute Gasteiger partial charge is 0.496 e. The molecule has 0 saturated carbocycles. The van der Waals surface area contributed by atoms with E-state index in [4.69, 9.17) is 16.3 Å². The van der Waals surface area contributed by atoms with E-state index in [9.17, 15) is 0 Å². The Morgan fingerprint density at radius 2 is 2.10 bits per heavy atom. The summed E-state index contributed by atoms with van der Waals surface area (Å²) in [5.74, 6) is 0.834. The normalized spacial score (nSPS) is 10.9. The fourth-order valence-electron chi connectivity index (χ4n) is 2.43. The molecule has 2 rings (SSSR count). The molecule has 0 atom stereocenters. The second kappa shape index (κ2) is 6.96. The van der Waals surface area contributed by atoms with Crippen molar-refractivity contribution in [1.29, 1.82) is 0 Å². The molecule has 0 aliphatic carbocycles. The minimum Gasteiger partial charge on any atom is -0.496 e. The van der Waals surface area contributed by atoms with Crippen molar-refractivity contribution in [2.24, 2.45) is 0 Å². The van der Waals surface area contributed by atoms with Gasteiger partial charge in [-0.2, -0.15) is 5.10 Å². The van der Waals surface area contributed by atoms with Gasteiger partial charge in [-0.15, -0.1) is 0 Å². The molecule has 0 unspecified atom stereocenters. The molecule has 0 saturated heterocycles. The first-order chi connectivity index (χ1) is 10.1. The van der Waals surface area contributed by atoms with Crippen molar-refractivity contribution >= 4 is 11.6 Å². The van der Waals surface area contributed by atoms with Crippen LogP contribution in [0.15, 0.2) is 18.2 Å². The molecule has 0 bridgehead atoms. The molecule has 0 aliphatic heterocycles. The van der Waals surface area contributed by atoms with E-state index >= 15 is 0 Å². The van der Waals surface area contributed by atoms with Crippen molar-refractivity contribution in [1.82, 2.24) is 15.1 Å². The lowest BCUT2D eigenvalue weighted by atomic mass is 10.1. The molecule has 4 nitrogen and oxygen atoms in total. The molecule has 1 aromatic carbocycles. The van der Waals surface area contributed by atoms with E-state index in [1.54, 1.807) is 7.11 Å². The van der Waals surface area contributed by atoms with Gasteiger partial charge in [0.1, 0.15) is 5.75 Å². The van der Waals surface area contributed by atoms with Crippen LogP contribution in [-0.2, 0) is 13.1 Å². The summed E-state index contributed by atoms with van der Waals surface area (Å²) in [4.78, 5) is 0. The highest BCUT2D eigenvalue weighted by molar-refractivity contribution is 6.30. The first kappa shape index (κ1) is 15.9. The van der Waals surface area contributed by atoms with Crippen LogP contribution >= 0.6 is 11.6 Å². The zero-order valence-corrected chi connectivity index (χ0v) is 13.8. The molecule has 21 heavy (non-hydrogen) atoms. The van der Waals surface area contributed by atoms with E-state index in [1.165, 1.54) is 11.3 Å². The van der Waals surface area contributed by atoms with Gasteiger partial charge in [0.05, 0.1) is 19.3 Å². The average molecular weight is 308 g/mol. The summed E-state index contributed by atoms with van der Waals surface area (Å²) in [6.45, 7) is 8.70. The third-order valence-electron chi connectivity index (χ3n) is 3.65. The van der Waals surface area contributed by atoms with Gasteiger partial charge >= 0.3 is 0 Å². The molecular weight excluding hydrogens is 286 g/mol. The average Bonchev–Trinajstić information content (AvgIpc) is 2.72. The van der Waals surface area contributed by atoms with Gasteiger partial charge in [-0.05, 0) is 38.6 Å². The van der Waals surface area contributed by atoms with Crippen LogP contribution in [-0.4, -0.2) is 23.4 Å². The number of aryl methyl sites for hydroxylation is 1. The molecule has 0 spiro atoms. The summed E-state index contributed by atoms with van der Waals surface area (Å²) in [5, 5.41) is 8.71. The van der Waals surface area contributed by atoms with Crippen LogP contribution in [0.5, 0.6) is 5.75 Å². The van der Waals surface area contributed by atoms with Crippen molar-refractivity contribution in [3.8, 4) is 5.75 Å². The van der Waals surface area contributed by atoms with Crippen molar-refractivity contribution in [3.63, 3.8) is 0 Å². The van der Waals surface area contributed by atoms with Gasteiger partial charge in [0.2, 0.25) is 0 Å². The van der Waals surface area contributed by atoms with Crippen molar-refractivity contribution < 1.29 is 4.74 Å². The number of halogens is 1. The van der Waals surface area contributed by atoms with E-state index in [0.717, 1.165) is 30.1 Å². The Bertz CT molecular complexity index is 622. The number of benzene rings is 1. The van der Waals surface area contributed by atoms with E-state index in [-0.39, 0.29) is 0 Å². The van der Waals surface area contributed by atoms with Crippen molar-refractivity contribution in [2.75, 3.05) is 13.7 Å². The van der Waals surface area contributed by atoms with Crippen LogP contribution in [0.1, 0.15) is 29.4 Å². The number of ether oxygens (including phenoxy) is 1. The third kappa shape index (κ3) is 3.57. The lowest BCUT2D eigenvalue weighted by Crippen LogP contribution is -2.13. The molecule has 0 radical (unpaired) electrons. The molecule has 114 valence electrons. The van der Waals surface area contributed by atoms with Crippen LogP contribution in [0, 0.1) is 13.8 Å². The van der Waals surface area contributed by atoms with Crippen LogP contribution < -0.4 is 10.1 Å². The fraction of sp³-hybridized carbons (Fsp3) is 0.438. The lowest BCUT2D eigenvalue weighted by Gasteiger charge is -2.11. The highest BCUT2D eigenvalue weighted by Crippen LogP contribution is 2.24. The van der Waals surface area contributed by atoms with Crippen molar-refractivity contribution in [3.05, 3.63) is 45.7 Å². The Hall–Kier alpha value is -1.52. The van der Waals surface area contributed by atoms with Crippen LogP contribution in [0.2, 0.25) is 5.02 Å². The standard InChI is InChI=1S/C16H22ClN3O/c1-5-18-9-15-11(2)19-20(12(15)3)10-13-8-14(17)6-7-16(13)21-4/h6-8,18H,5,9-10H2,1-4H3. The molecule has 0 amide bonds. The zero-order valence-electron chi connectivity index (χ0n) is 13.0. The minimum absolute atomic E-state index is 0.655.